The average Bonchev–Trinajstić information content (AvgIpc) is 3.62. The third kappa shape index (κ3) is 6.68. The van der Waals surface area contributed by atoms with E-state index in [0.29, 0.717) is 52.9 Å². The Morgan fingerprint density at radius 2 is 1.60 bits per heavy atom. The van der Waals surface area contributed by atoms with Crippen molar-refractivity contribution in [2.24, 2.45) is 14.1 Å². The highest BCUT2D eigenvalue weighted by atomic mass is 35.5. The standard InChI is InChI=1S/C36H45ClN10O3/c1-21(48)18-46-16-11-29-27(19-46)40-33(44(29)3)35(49)42-25-7-5-6-24(22(25)2)32-31(37)26(10-15-39-32)43-36(50)34-41-28-20-47(17-12-30(28)45(34)4)23-8-13-38-14-9-23/h5-7,10,15,21,23,38,48H,8-9,11-14,16-20H2,1-4H3,(H,42,49)(H,39,43,50)/t21-/m0/s1. The predicted octanol–water partition coefficient (Wildman–Crippen LogP) is 3.53. The molecule has 4 aromatic rings. The molecule has 2 amide bonds. The molecule has 0 bridgehead atoms. The van der Waals surface area contributed by atoms with Crippen LogP contribution in [0, 0.1) is 6.92 Å². The van der Waals surface area contributed by atoms with Gasteiger partial charge in [-0.05, 0) is 57.5 Å². The van der Waals surface area contributed by atoms with Gasteiger partial charge in [-0.15, -0.1) is 0 Å². The molecule has 0 radical (unpaired) electrons. The summed E-state index contributed by atoms with van der Waals surface area (Å²) in [7, 11) is 3.76. The molecule has 1 saturated heterocycles. The second-order valence-corrected chi connectivity index (χ2v) is 14.1. The van der Waals surface area contributed by atoms with E-state index in [1.165, 1.54) is 0 Å². The Kier molecular flexibility index (Phi) is 9.77. The molecule has 1 atom stereocenters. The normalized spacial score (nSPS) is 17.6. The summed E-state index contributed by atoms with van der Waals surface area (Å²) in [5, 5.41) is 19.6. The van der Waals surface area contributed by atoms with Gasteiger partial charge < -0.3 is 30.2 Å². The van der Waals surface area contributed by atoms with Gasteiger partial charge in [0.05, 0.1) is 33.9 Å². The number of β-amino-alcohol motifs (C(OH)–C–C–N with tert-alkyl or cyclic N) is 1. The number of aliphatic hydroxyl groups excluding tert-OH is 1. The number of aromatic nitrogens is 5. The number of carbonyl (C=O) groups is 2. The molecule has 0 unspecified atom stereocenters. The summed E-state index contributed by atoms with van der Waals surface area (Å²) in [6, 6.07) is 7.78. The Labute approximate surface area is 297 Å². The van der Waals surface area contributed by atoms with Crippen LogP contribution < -0.4 is 16.0 Å². The molecule has 7 rings (SSSR count). The third-order valence-corrected chi connectivity index (χ3v) is 10.7. The fraction of sp³-hybridized carbons (Fsp3) is 0.472. The molecular weight excluding hydrogens is 656 g/mol. The summed E-state index contributed by atoms with van der Waals surface area (Å²) in [6.07, 6.45) is 5.05. The van der Waals surface area contributed by atoms with Crippen LogP contribution in [0.1, 0.15) is 69.3 Å². The number of hydrogen-bond donors (Lipinski definition) is 4. The first kappa shape index (κ1) is 34.3. The lowest BCUT2D eigenvalue weighted by Gasteiger charge is -2.36. The number of anilines is 2. The van der Waals surface area contributed by atoms with Crippen molar-refractivity contribution >= 4 is 34.8 Å². The monoisotopic (exact) mass is 700 g/mol. The second-order valence-electron chi connectivity index (χ2n) is 13.7. The van der Waals surface area contributed by atoms with Crippen molar-refractivity contribution in [1.29, 1.82) is 0 Å². The van der Waals surface area contributed by atoms with Crippen LogP contribution >= 0.6 is 11.6 Å². The Morgan fingerprint density at radius 3 is 2.28 bits per heavy atom. The van der Waals surface area contributed by atoms with Gasteiger partial charge in [0.25, 0.3) is 11.8 Å². The Morgan fingerprint density at radius 1 is 0.960 bits per heavy atom. The van der Waals surface area contributed by atoms with Crippen molar-refractivity contribution in [3.63, 3.8) is 0 Å². The number of hydrogen-bond acceptors (Lipinski definition) is 9. The Hall–Kier alpha value is -4.14. The van der Waals surface area contributed by atoms with Crippen LogP contribution in [0.25, 0.3) is 11.3 Å². The molecule has 1 fully saturated rings. The maximum atomic E-state index is 13.6. The lowest BCUT2D eigenvalue weighted by atomic mass is 10.0. The van der Waals surface area contributed by atoms with Crippen molar-refractivity contribution in [2.75, 3.05) is 43.4 Å². The molecular formula is C36H45ClN10O3. The summed E-state index contributed by atoms with van der Waals surface area (Å²) in [4.78, 5) is 45.9. The van der Waals surface area contributed by atoms with Crippen LogP contribution in [0.5, 0.6) is 0 Å². The van der Waals surface area contributed by atoms with E-state index in [0.717, 1.165) is 92.3 Å². The SMILES string of the molecule is Cc1c(NC(=O)c2nc3c(n2C)CCN(C[C@H](C)O)C3)cccc1-c1nccc(NC(=O)c2nc3c(n2C)CCN(C2CCNCC2)C3)c1Cl. The minimum Gasteiger partial charge on any atom is -0.392 e. The predicted molar refractivity (Wildman–Crippen MR) is 192 cm³/mol. The lowest BCUT2D eigenvalue weighted by molar-refractivity contribution is 0.100. The van der Waals surface area contributed by atoms with Crippen LogP contribution in [0.4, 0.5) is 11.4 Å². The quantitative estimate of drug-likeness (QED) is 0.217. The van der Waals surface area contributed by atoms with Gasteiger partial charge in [0.2, 0.25) is 0 Å². The van der Waals surface area contributed by atoms with E-state index in [2.05, 4.69) is 35.7 Å². The number of nitrogens with one attached hydrogen (secondary N) is 3. The van der Waals surface area contributed by atoms with Crippen LogP contribution in [-0.2, 0) is 40.0 Å². The van der Waals surface area contributed by atoms with Crippen molar-refractivity contribution < 1.29 is 14.7 Å². The fourth-order valence-corrected chi connectivity index (χ4v) is 7.92. The van der Waals surface area contributed by atoms with Crippen molar-refractivity contribution in [2.45, 2.75) is 64.8 Å². The molecule has 6 heterocycles. The molecule has 0 aliphatic carbocycles. The molecule has 264 valence electrons. The molecule has 3 aliphatic rings. The molecule has 3 aliphatic heterocycles. The van der Waals surface area contributed by atoms with Gasteiger partial charge in [0, 0.05) is 94.5 Å². The number of aliphatic hydroxyl groups is 1. The maximum Gasteiger partial charge on any atom is 0.291 e. The summed E-state index contributed by atoms with van der Waals surface area (Å²) in [5.41, 5.74) is 6.96. The lowest BCUT2D eigenvalue weighted by Crippen LogP contribution is -2.45. The van der Waals surface area contributed by atoms with Gasteiger partial charge in [-0.25, -0.2) is 9.97 Å². The van der Waals surface area contributed by atoms with E-state index in [1.807, 2.05) is 48.4 Å². The molecule has 4 N–H and O–H groups in total. The first-order valence-corrected chi connectivity index (χ1v) is 17.8. The van der Waals surface area contributed by atoms with Gasteiger partial charge in [0.15, 0.2) is 11.6 Å². The van der Waals surface area contributed by atoms with E-state index in [-0.39, 0.29) is 11.8 Å². The van der Waals surface area contributed by atoms with E-state index in [1.54, 1.807) is 19.2 Å². The average molecular weight is 701 g/mol. The molecule has 50 heavy (non-hydrogen) atoms. The molecule has 14 heteroatoms. The van der Waals surface area contributed by atoms with Gasteiger partial charge >= 0.3 is 0 Å². The summed E-state index contributed by atoms with van der Waals surface area (Å²) in [6.45, 7) is 9.41. The number of carbonyl (C=O) groups excluding carboxylic acids is 2. The van der Waals surface area contributed by atoms with E-state index >= 15 is 0 Å². The van der Waals surface area contributed by atoms with Crippen molar-refractivity contribution in [3.05, 3.63) is 75.5 Å². The number of fused-ring (bicyclic) bond motifs is 2. The van der Waals surface area contributed by atoms with Gasteiger partial charge in [-0.2, -0.15) is 0 Å². The van der Waals surface area contributed by atoms with E-state index < -0.39 is 6.10 Å². The molecule has 0 spiro atoms. The summed E-state index contributed by atoms with van der Waals surface area (Å²) in [5.74, 6) is 0.0263. The van der Waals surface area contributed by atoms with Crippen LogP contribution in [0.3, 0.4) is 0 Å². The summed E-state index contributed by atoms with van der Waals surface area (Å²) >= 11 is 6.93. The zero-order chi connectivity index (χ0) is 35.1. The number of amides is 2. The number of benzene rings is 1. The zero-order valence-corrected chi connectivity index (χ0v) is 29.8. The van der Waals surface area contributed by atoms with Crippen LogP contribution in [-0.4, -0.2) is 95.7 Å². The molecule has 0 saturated carbocycles. The number of imidazole rings is 2. The first-order valence-electron chi connectivity index (χ1n) is 17.4. The van der Waals surface area contributed by atoms with E-state index in [9.17, 15) is 14.7 Å². The van der Waals surface area contributed by atoms with Crippen molar-refractivity contribution in [3.8, 4) is 11.3 Å². The highest BCUT2D eigenvalue weighted by Crippen LogP contribution is 2.36. The fourth-order valence-electron chi connectivity index (χ4n) is 7.66. The number of piperidine rings is 1. The highest BCUT2D eigenvalue weighted by molar-refractivity contribution is 6.36. The minimum absolute atomic E-state index is 0.294. The second kappa shape index (κ2) is 14.2. The zero-order valence-electron chi connectivity index (χ0n) is 29.1. The molecule has 13 nitrogen and oxygen atoms in total. The van der Waals surface area contributed by atoms with Crippen LogP contribution in [0.15, 0.2) is 30.5 Å². The maximum absolute atomic E-state index is 13.6. The topological polar surface area (TPSA) is 145 Å². The minimum atomic E-state index is -0.431. The van der Waals surface area contributed by atoms with Crippen LogP contribution in [0.2, 0.25) is 5.02 Å². The number of pyridine rings is 1. The summed E-state index contributed by atoms with van der Waals surface area (Å²) < 4.78 is 3.76. The number of rotatable bonds is 8. The Bertz CT molecular complexity index is 1930. The van der Waals surface area contributed by atoms with Gasteiger partial charge in [-0.3, -0.25) is 24.4 Å². The first-order chi connectivity index (χ1) is 24.1. The smallest absolute Gasteiger partial charge is 0.291 e. The number of nitrogens with zero attached hydrogens (tertiary/aromatic N) is 7. The third-order valence-electron chi connectivity index (χ3n) is 10.3. The van der Waals surface area contributed by atoms with E-state index in [4.69, 9.17) is 16.6 Å². The highest BCUT2D eigenvalue weighted by Gasteiger charge is 2.30. The van der Waals surface area contributed by atoms with Crippen molar-refractivity contribution in [1.82, 2.24) is 39.2 Å². The number of halogens is 1. The molecule has 3 aromatic heterocycles. The molecule has 1 aromatic carbocycles. The van der Waals surface area contributed by atoms with Gasteiger partial charge in [-0.1, -0.05) is 23.7 Å². The Balaban J connectivity index is 1.07. The largest absolute Gasteiger partial charge is 0.392 e. The van der Waals surface area contributed by atoms with Gasteiger partial charge in [0.1, 0.15) is 0 Å².